The maximum Gasteiger partial charge on any atom is 0.271 e. The molecule has 0 aliphatic rings. The number of hydrogen-bond acceptors (Lipinski definition) is 4. The fourth-order valence-electron chi connectivity index (χ4n) is 2.41. The van der Waals surface area contributed by atoms with Crippen LogP contribution in [0.4, 0.5) is 5.69 Å². The Labute approximate surface area is 112 Å². The van der Waals surface area contributed by atoms with Gasteiger partial charge in [-0.05, 0) is 18.2 Å². The highest BCUT2D eigenvalue weighted by molar-refractivity contribution is 5.89. The Hall–Kier alpha value is -3.02. The second-order valence-electron chi connectivity index (χ2n) is 4.49. The molecular weight excluding hydrogens is 256 g/mol. The van der Waals surface area contributed by atoms with Crippen LogP contribution in [0.3, 0.4) is 0 Å². The molecule has 0 saturated heterocycles. The van der Waals surface area contributed by atoms with Crippen LogP contribution in [0.5, 0.6) is 0 Å². The number of imidazole rings is 1. The molecule has 0 spiro atoms. The van der Waals surface area contributed by atoms with Gasteiger partial charge in [-0.1, -0.05) is 12.1 Å². The van der Waals surface area contributed by atoms with Gasteiger partial charge >= 0.3 is 0 Å². The van der Waals surface area contributed by atoms with Crippen molar-refractivity contribution in [2.75, 3.05) is 0 Å². The Morgan fingerprint density at radius 1 is 1.10 bits per heavy atom. The average molecular weight is 264 g/mol. The van der Waals surface area contributed by atoms with E-state index in [1.807, 2.05) is 28.7 Å². The molecule has 0 bridgehead atoms. The van der Waals surface area contributed by atoms with Crippen molar-refractivity contribution in [3.8, 4) is 0 Å². The maximum absolute atomic E-state index is 10.9. The molecule has 0 fully saturated rings. The third-order valence-corrected chi connectivity index (χ3v) is 3.33. The van der Waals surface area contributed by atoms with Crippen molar-refractivity contribution in [3.05, 3.63) is 58.8 Å². The summed E-state index contributed by atoms with van der Waals surface area (Å²) in [5.41, 5.74) is 2.50. The largest absolute Gasteiger partial charge is 0.276 e. The average Bonchev–Trinajstić information content (AvgIpc) is 2.85. The third-order valence-electron chi connectivity index (χ3n) is 3.33. The van der Waals surface area contributed by atoms with Gasteiger partial charge in [0.2, 0.25) is 5.78 Å². The van der Waals surface area contributed by atoms with Gasteiger partial charge in [0.1, 0.15) is 0 Å². The van der Waals surface area contributed by atoms with Crippen molar-refractivity contribution < 1.29 is 4.92 Å². The molecular formula is C14H8N4O2. The van der Waals surface area contributed by atoms with Gasteiger partial charge in [-0.15, -0.1) is 0 Å². The van der Waals surface area contributed by atoms with E-state index in [1.165, 1.54) is 6.07 Å². The predicted molar refractivity (Wildman–Crippen MR) is 74.7 cm³/mol. The maximum atomic E-state index is 10.9. The van der Waals surface area contributed by atoms with Gasteiger partial charge in [0.05, 0.1) is 21.5 Å². The van der Waals surface area contributed by atoms with E-state index in [2.05, 4.69) is 9.97 Å². The molecule has 0 aliphatic heterocycles. The van der Waals surface area contributed by atoms with E-state index < -0.39 is 4.92 Å². The van der Waals surface area contributed by atoms with E-state index in [0.29, 0.717) is 5.78 Å². The number of non-ortho nitro benzene ring substituents is 1. The first-order chi connectivity index (χ1) is 9.74. The quantitative estimate of drug-likeness (QED) is 0.391. The SMILES string of the molecule is O=[N+]([O-])c1ccc2cnc3nc4ccccc4n3c2c1. The summed E-state index contributed by atoms with van der Waals surface area (Å²) in [7, 11) is 0. The lowest BCUT2D eigenvalue weighted by Gasteiger charge is -2.02. The minimum atomic E-state index is -0.398. The van der Waals surface area contributed by atoms with E-state index in [4.69, 9.17) is 0 Å². The standard InChI is InChI=1S/C14H8N4O2/c19-18(20)10-6-5-9-8-15-14-16-11-3-1-2-4-12(11)17(14)13(9)7-10/h1-8H. The highest BCUT2D eigenvalue weighted by atomic mass is 16.6. The summed E-state index contributed by atoms with van der Waals surface area (Å²) >= 11 is 0. The van der Waals surface area contributed by atoms with Crippen LogP contribution in [0.15, 0.2) is 48.7 Å². The van der Waals surface area contributed by atoms with Crippen molar-refractivity contribution >= 4 is 33.4 Å². The van der Waals surface area contributed by atoms with Gasteiger partial charge in [0, 0.05) is 23.7 Å². The molecule has 0 aliphatic carbocycles. The molecule has 0 amide bonds. The topological polar surface area (TPSA) is 73.3 Å². The van der Waals surface area contributed by atoms with E-state index in [-0.39, 0.29) is 5.69 Å². The lowest BCUT2D eigenvalue weighted by Crippen LogP contribution is -1.94. The number of nitro groups is 1. The zero-order chi connectivity index (χ0) is 13.7. The van der Waals surface area contributed by atoms with Gasteiger partial charge in [-0.25, -0.2) is 9.97 Å². The van der Waals surface area contributed by atoms with Crippen LogP contribution in [-0.2, 0) is 0 Å². The first kappa shape index (κ1) is 10.9. The Morgan fingerprint density at radius 2 is 1.95 bits per heavy atom. The molecule has 0 unspecified atom stereocenters. The van der Waals surface area contributed by atoms with E-state index >= 15 is 0 Å². The second-order valence-corrected chi connectivity index (χ2v) is 4.49. The lowest BCUT2D eigenvalue weighted by molar-refractivity contribution is -0.384. The Balaban J connectivity index is 2.25. The molecule has 2 aromatic heterocycles. The molecule has 2 heterocycles. The predicted octanol–water partition coefficient (Wildman–Crippen LogP) is 2.94. The van der Waals surface area contributed by atoms with E-state index in [9.17, 15) is 10.1 Å². The summed E-state index contributed by atoms with van der Waals surface area (Å²) in [5.74, 6) is 0.541. The monoisotopic (exact) mass is 264 g/mol. The molecule has 0 N–H and O–H groups in total. The van der Waals surface area contributed by atoms with Crippen molar-refractivity contribution in [2.45, 2.75) is 0 Å². The first-order valence-corrected chi connectivity index (χ1v) is 6.04. The van der Waals surface area contributed by atoms with E-state index in [1.54, 1.807) is 18.3 Å². The van der Waals surface area contributed by atoms with E-state index in [0.717, 1.165) is 21.9 Å². The van der Waals surface area contributed by atoms with Gasteiger partial charge in [0.15, 0.2) is 0 Å². The number of nitrogens with zero attached hydrogens (tertiary/aromatic N) is 4. The van der Waals surface area contributed by atoms with Crippen LogP contribution >= 0.6 is 0 Å². The molecule has 2 aromatic carbocycles. The molecule has 4 aromatic rings. The zero-order valence-corrected chi connectivity index (χ0v) is 10.2. The van der Waals surface area contributed by atoms with Crippen LogP contribution in [0, 0.1) is 10.1 Å². The first-order valence-electron chi connectivity index (χ1n) is 6.04. The summed E-state index contributed by atoms with van der Waals surface area (Å²) < 4.78 is 1.84. The number of aromatic nitrogens is 3. The van der Waals surface area contributed by atoms with Gasteiger partial charge in [0.25, 0.3) is 5.69 Å². The minimum Gasteiger partial charge on any atom is -0.276 e. The number of rotatable bonds is 1. The van der Waals surface area contributed by atoms with Crippen LogP contribution in [0.1, 0.15) is 0 Å². The molecule has 6 heteroatoms. The highest BCUT2D eigenvalue weighted by Crippen LogP contribution is 2.24. The van der Waals surface area contributed by atoms with Crippen LogP contribution < -0.4 is 0 Å². The summed E-state index contributed by atoms with van der Waals surface area (Å²) in [4.78, 5) is 19.3. The summed E-state index contributed by atoms with van der Waals surface area (Å²) in [6.07, 6.45) is 1.68. The van der Waals surface area contributed by atoms with Crippen LogP contribution in [0.25, 0.3) is 27.7 Å². The van der Waals surface area contributed by atoms with Gasteiger partial charge in [-0.2, -0.15) is 0 Å². The van der Waals surface area contributed by atoms with Crippen molar-refractivity contribution in [2.24, 2.45) is 0 Å². The summed E-state index contributed by atoms with van der Waals surface area (Å²) in [6, 6.07) is 12.4. The minimum absolute atomic E-state index is 0.0581. The molecule has 4 rings (SSSR count). The smallest absolute Gasteiger partial charge is 0.271 e. The van der Waals surface area contributed by atoms with Crippen LogP contribution in [0.2, 0.25) is 0 Å². The molecule has 6 nitrogen and oxygen atoms in total. The lowest BCUT2D eigenvalue weighted by atomic mass is 10.2. The fraction of sp³-hybridized carbons (Fsp3) is 0. The Morgan fingerprint density at radius 3 is 2.80 bits per heavy atom. The molecule has 0 radical (unpaired) electrons. The normalized spacial score (nSPS) is 11.4. The van der Waals surface area contributed by atoms with Crippen LogP contribution in [-0.4, -0.2) is 19.3 Å². The highest BCUT2D eigenvalue weighted by Gasteiger charge is 2.12. The number of fused-ring (bicyclic) bond motifs is 5. The fourth-order valence-corrected chi connectivity index (χ4v) is 2.41. The Bertz CT molecular complexity index is 990. The van der Waals surface area contributed by atoms with Crippen molar-refractivity contribution in [1.82, 2.24) is 14.4 Å². The van der Waals surface area contributed by atoms with Crippen molar-refractivity contribution in [3.63, 3.8) is 0 Å². The number of para-hydroxylation sites is 2. The number of benzene rings is 2. The summed E-state index contributed by atoms with van der Waals surface area (Å²) in [6.45, 7) is 0. The second kappa shape index (κ2) is 3.74. The molecule has 0 saturated carbocycles. The zero-order valence-electron chi connectivity index (χ0n) is 10.2. The van der Waals surface area contributed by atoms with Gasteiger partial charge in [-0.3, -0.25) is 14.5 Å². The number of nitro benzene ring substituents is 1. The van der Waals surface area contributed by atoms with Gasteiger partial charge < -0.3 is 0 Å². The molecule has 20 heavy (non-hydrogen) atoms. The Kier molecular flexibility index (Phi) is 2.03. The number of hydrogen-bond donors (Lipinski definition) is 0. The molecule has 0 atom stereocenters. The summed E-state index contributed by atoms with van der Waals surface area (Å²) in [5, 5.41) is 11.8. The molecule has 96 valence electrons. The van der Waals surface area contributed by atoms with Crippen molar-refractivity contribution in [1.29, 1.82) is 0 Å². The third kappa shape index (κ3) is 1.38.